The Labute approximate surface area is 200 Å². The van der Waals surface area contributed by atoms with Crippen LogP contribution in [0.4, 0.5) is 0 Å². The first-order chi connectivity index (χ1) is 16.4. The molecule has 0 unspecified atom stereocenters. The van der Waals surface area contributed by atoms with Gasteiger partial charge in [-0.2, -0.15) is 0 Å². The molecule has 0 radical (unpaired) electrons. The van der Waals surface area contributed by atoms with Gasteiger partial charge in [0.25, 0.3) is 0 Å². The number of unbranched alkanes of at least 4 members (excludes halogenated alkanes) is 5. The lowest BCUT2D eigenvalue weighted by atomic mass is 10.0. The average Bonchev–Trinajstić information content (AvgIpc) is 2.84. The first-order valence-corrected chi connectivity index (χ1v) is 12.6. The SMILES string of the molecule is CCCCCCCCc1ccc(OCCOCCOCCOCCOCCOCCO)cc1. The fourth-order valence-electron chi connectivity index (χ4n) is 3.13. The summed E-state index contributed by atoms with van der Waals surface area (Å²) >= 11 is 0. The molecule has 7 nitrogen and oxygen atoms in total. The van der Waals surface area contributed by atoms with Gasteiger partial charge in [0.15, 0.2) is 0 Å². The lowest BCUT2D eigenvalue weighted by molar-refractivity contribution is -0.0146. The summed E-state index contributed by atoms with van der Waals surface area (Å²) in [5, 5.41) is 8.56. The van der Waals surface area contributed by atoms with Crippen molar-refractivity contribution in [2.45, 2.75) is 51.9 Å². The highest BCUT2D eigenvalue weighted by Crippen LogP contribution is 2.15. The Morgan fingerprint density at radius 3 is 1.52 bits per heavy atom. The standard InChI is InChI=1S/C26H46O7/c1-2-3-4-5-6-7-8-25-9-11-26(12-10-25)33-24-23-32-22-21-31-20-19-30-18-17-29-16-15-28-14-13-27/h9-12,27H,2-8,13-24H2,1H3. The fraction of sp³-hybridized carbons (Fsp3) is 0.769. The number of hydrogen-bond acceptors (Lipinski definition) is 7. The van der Waals surface area contributed by atoms with Crippen LogP contribution in [0.5, 0.6) is 5.75 Å². The maximum atomic E-state index is 8.56. The van der Waals surface area contributed by atoms with E-state index >= 15 is 0 Å². The molecule has 0 aliphatic rings. The number of aryl methyl sites for hydroxylation is 1. The highest BCUT2D eigenvalue weighted by Gasteiger charge is 1.98. The molecule has 0 aromatic heterocycles. The molecule has 33 heavy (non-hydrogen) atoms. The molecular formula is C26H46O7. The van der Waals surface area contributed by atoms with Crippen molar-refractivity contribution in [3.63, 3.8) is 0 Å². The molecule has 0 saturated carbocycles. The second-order valence-corrected chi connectivity index (χ2v) is 7.80. The predicted octanol–water partition coefficient (Wildman–Crippen LogP) is 4.04. The van der Waals surface area contributed by atoms with Gasteiger partial charge in [0.2, 0.25) is 0 Å². The molecule has 0 heterocycles. The van der Waals surface area contributed by atoms with Gasteiger partial charge >= 0.3 is 0 Å². The number of benzene rings is 1. The quantitative estimate of drug-likeness (QED) is 0.216. The van der Waals surface area contributed by atoms with Crippen molar-refractivity contribution in [1.29, 1.82) is 0 Å². The van der Waals surface area contributed by atoms with Gasteiger partial charge in [-0.3, -0.25) is 0 Å². The number of aliphatic hydroxyl groups is 1. The molecule has 0 bridgehead atoms. The summed E-state index contributed by atoms with van der Waals surface area (Å²) in [6.45, 7) is 7.89. The Bertz CT molecular complexity index is 510. The number of aliphatic hydroxyl groups excluding tert-OH is 1. The molecule has 1 N–H and O–H groups in total. The highest BCUT2D eigenvalue weighted by atomic mass is 16.6. The Hall–Kier alpha value is -1.22. The Kier molecular flexibility index (Phi) is 21.6. The lowest BCUT2D eigenvalue weighted by Gasteiger charge is -2.09. The first-order valence-electron chi connectivity index (χ1n) is 12.6. The fourth-order valence-corrected chi connectivity index (χ4v) is 3.13. The maximum Gasteiger partial charge on any atom is 0.119 e. The van der Waals surface area contributed by atoms with Crippen LogP contribution in [0.2, 0.25) is 0 Å². The van der Waals surface area contributed by atoms with Gasteiger partial charge < -0.3 is 33.5 Å². The molecule has 0 saturated heterocycles. The highest BCUT2D eigenvalue weighted by molar-refractivity contribution is 5.27. The zero-order chi connectivity index (χ0) is 23.7. The minimum absolute atomic E-state index is 0.0375. The number of rotatable bonds is 25. The minimum atomic E-state index is 0.0375. The van der Waals surface area contributed by atoms with Gasteiger partial charge in [-0.15, -0.1) is 0 Å². The van der Waals surface area contributed by atoms with Crippen molar-refractivity contribution in [2.24, 2.45) is 0 Å². The van der Waals surface area contributed by atoms with Gasteiger partial charge in [-0.05, 0) is 30.5 Å². The van der Waals surface area contributed by atoms with Crippen LogP contribution >= 0.6 is 0 Å². The van der Waals surface area contributed by atoms with Gasteiger partial charge in [-0.25, -0.2) is 0 Å². The normalized spacial score (nSPS) is 11.2. The third kappa shape index (κ3) is 19.9. The molecule has 0 spiro atoms. The van der Waals surface area contributed by atoms with Crippen molar-refractivity contribution in [2.75, 3.05) is 79.3 Å². The van der Waals surface area contributed by atoms with E-state index in [4.69, 9.17) is 33.5 Å². The van der Waals surface area contributed by atoms with E-state index in [1.807, 2.05) is 12.1 Å². The van der Waals surface area contributed by atoms with E-state index < -0.39 is 0 Å². The van der Waals surface area contributed by atoms with Crippen molar-refractivity contribution in [1.82, 2.24) is 0 Å². The smallest absolute Gasteiger partial charge is 0.119 e. The van der Waals surface area contributed by atoms with Crippen LogP contribution in [0, 0.1) is 0 Å². The summed E-state index contributed by atoms with van der Waals surface area (Å²) in [7, 11) is 0. The zero-order valence-corrected chi connectivity index (χ0v) is 20.6. The van der Waals surface area contributed by atoms with E-state index in [9.17, 15) is 0 Å². The van der Waals surface area contributed by atoms with E-state index in [1.165, 1.54) is 44.1 Å². The summed E-state index contributed by atoms with van der Waals surface area (Å²) in [4.78, 5) is 0. The van der Waals surface area contributed by atoms with Crippen LogP contribution in [0.15, 0.2) is 24.3 Å². The Morgan fingerprint density at radius 1 is 0.545 bits per heavy atom. The molecule has 1 aromatic carbocycles. The summed E-state index contributed by atoms with van der Waals surface area (Å²) in [5.74, 6) is 0.889. The van der Waals surface area contributed by atoms with E-state index in [1.54, 1.807) is 0 Å². The van der Waals surface area contributed by atoms with E-state index in [0.717, 1.165) is 12.2 Å². The third-order valence-corrected chi connectivity index (χ3v) is 4.96. The summed E-state index contributed by atoms with van der Waals surface area (Å²) in [6.07, 6.45) is 9.13. The van der Waals surface area contributed by atoms with Gasteiger partial charge in [0.05, 0.1) is 72.7 Å². The van der Waals surface area contributed by atoms with Crippen molar-refractivity contribution in [3.05, 3.63) is 29.8 Å². The first kappa shape index (κ1) is 29.8. The molecule has 192 valence electrons. The van der Waals surface area contributed by atoms with Gasteiger partial charge in [0, 0.05) is 0 Å². The van der Waals surface area contributed by atoms with Crippen molar-refractivity contribution in [3.8, 4) is 5.75 Å². The largest absolute Gasteiger partial charge is 0.491 e. The van der Waals surface area contributed by atoms with E-state index in [-0.39, 0.29) is 6.61 Å². The lowest BCUT2D eigenvalue weighted by Crippen LogP contribution is -2.14. The van der Waals surface area contributed by atoms with E-state index in [2.05, 4.69) is 19.1 Å². The van der Waals surface area contributed by atoms with Crippen LogP contribution in [0.1, 0.15) is 51.0 Å². The van der Waals surface area contributed by atoms with Gasteiger partial charge in [0.1, 0.15) is 12.4 Å². The maximum absolute atomic E-state index is 8.56. The summed E-state index contributed by atoms with van der Waals surface area (Å²) in [6, 6.07) is 8.42. The molecule has 0 atom stereocenters. The molecule has 1 aromatic rings. The van der Waals surface area contributed by atoms with Crippen LogP contribution < -0.4 is 4.74 Å². The van der Waals surface area contributed by atoms with Crippen LogP contribution in [0.25, 0.3) is 0 Å². The molecule has 1 rings (SSSR count). The van der Waals surface area contributed by atoms with Gasteiger partial charge in [-0.1, -0.05) is 51.2 Å². The summed E-state index contributed by atoms with van der Waals surface area (Å²) in [5.41, 5.74) is 1.38. The molecule has 0 amide bonds. The molecule has 0 aliphatic carbocycles. The van der Waals surface area contributed by atoms with Crippen LogP contribution in [0.3, 0.4) is 0 Å². The third-order valence-electron chi connectivity index (χ3n) is 4.96. The average molecular weight is 471 g/mol. The molecule has 7 heteroatoms. The topological polar surface area (TPSA) is 75.6 Å². The molecule has 0 aliphatic heterocycles. The predicted molar refractivity (Wildman–Crippen MR) is 130 cm³/mol. The molecular weight excluding hydrogens is 424 g/mol. The second kappa shape index (κ2) is 23.9. The Morgan fingerprint density at radius 2 is 1.00 bits per heavy atom. The zero-order valence-electron chi connectivity index (χ0n) is 20.6. The monoisotopic (exact) mass is 470 g/mol. The summed E-state index contributed by atoms with van der Waals surface area (Å²) < 4.78 is 32.6. The Balaban J connectivity index is 1.82. The number of ether oxygens (including phenoxy) is 6. The number of hydrogen-bond donors (Lipinski definition) is 1. The minimum Gasteiger partial charge on any atom is -0.491 e. The van der Waals surface area contributed by atoms with Crippen molar-refractivity contribution < 1.29 is 33.5 Å². The van der Waals surface area contributed by atoms with Crippen LogP contribution in [-0.4, -0.2) is 84.4 Å². The second-order valence-electron chi connectivity index (χ2n) is 7.80. The molecule has 0 fully saturated rings. The van der Waals surface area contributed by atoms with Crippen molar-refractivity contribution >= 4 is 0 Å². The van der Waals surface area contributed by atoms with Crippen LogP contribution in [-0.2, 0) is 30.1 Å². The van der Waals surface area contributed by atoms with E-state index in [0.29, 0.717) is 72.7 Å².